The van der Waals surface area contributed by atoms with Gasteiger partial charge in [0.15, 0.2) is 6.10 Å². The molecular formula is C22H29ClN2O4. The Morgan fingerprint density at radius 1 is 1.21 bits per heavy atom. The Morgan fingerprint density at radius 3 is 2.52 bits per heavy atom. The van der Waals surface area contributed by atoms with Crippen LogP contribution in [0.1, 0.15) is 50.2 Å². The van der Waals surface area contributed by atoms with Gasteiger partial charge in [0.1, 0.15) is 11.3 Å². The van der Waals surface area contributed by atoms with E-state index in [2.05, 4.69) is 0 Å². The van der Waals surface area contributed by atoms with Crippen molar-refractivity contribution < 1.29 is 13.9 Å². The van der Waals surface area contributed by atoms with Crippen LogP contribution in [0.15, 0.2) is 27.4 Å². The average Bonchev–Trinajstić information content (AvgIpc) is 2.64. The normalized spacial score (nSPS) is 24.7. The summed E-state index contributed by atoms with van der Waals surface area (Å²) >= 11 is 0. The maximum Gasteiger partial charge on any atom is 0.339 e. The second-order valence-electron chi connectivity index (χ2n) is 8.27. The Bertz CT molecular complexity index is 959. The number of amides is 1. The van der Waals surface area contributed by atoms with Crippen molar-refractivity contribution >= 4 is 29.3 Å². The van der Waals surface area contributed by atoms with Crippen LogP contribution in [0.2, 0.25) is 0 Å². The minimum atomic E-state index is -0.604. The van der Waals surface area contributed by atoms with Gasteiger partial charge in [0, 0.05) is 35.1 Å². The van der Waals surface area contributed by atoms with Crippen LogP contribution >= 0.6 is 12.4 Å². The molecule has 1 amide bonds. The maximum absolute atomic E-state index is 13.1. The van der Waals surface area contributed by atoms with Crippen molar-refractivity contribution in [3.63, 3.8) is 0 Å². The second kappa shape index (κ2) is 8.36. The molecule has 0 saturated carbocycles. The molecule has 2 aliphatic heterocycles. The predicted octanol–water partition coefficient (Wildman–Crippen LogP) is 3.47. The number of hydrogen-bond donors (Lipinski definition) is 1. The van der Waals surface area contributed by atoms with Gasteiger partial charge in [-0.05, 0) is 70.6 Å². The predicted molar refractivity (Wildman–Crippen MR) is 115 cm³/mol. The average molecular weight is 421 g/mol. The summed E-state index contributed by atoms with van der Waals surface area (Å²) in [5, 5.41) is 0.878. The number of rotatable bonds is 3. The van der Waals surface area contributed by atoms with Gasteiger partial charge in [-0.15, -0.1) is 12.4 Å². The molecule has 2 fully saturated rings. The van der Waals surface area contributed by atoms with Gasteiger partial charge in [-0.1, -0.05) is 0 Å². The van der Waals surface area contributed by atoms with Crippen molar-refractivity contribution in [2.75, 3.05) is 0 Å². The minimum absolute atomic E-state index is 0. The van der Waals surface area contributed by atoms with Gasteiger partial charge < -0.3 is 19.8 Å². The third-order valence-corrected chi connectivity index (χ3v) is 6.35. The number of nitrogens with zero attached hydrogens (tertiary/aromatic N) is 1. The Labute approximate surface area is 176 Å². The summed E-state index contributed by atoms with van der Waals surface area (Å²) in [5.74, 6) is 0.543. The number of carbonyl (C=O) groups excluding carboxylic acids is 1. The van der Waals surface area contributed by atoms with E-state index in [0.717, 1.165) is 43.1 Å². The molecule has 1 aromatic carbocycles. The summed E-state index contributed by atoms with van der Waals surface area (Å²) in [4.78, 5) is 27.1. The number of ether oxygens (including phenoxy) is 1. The lowest BCUT2D eigenvalue weighted by molar-refractivity contribution is -0.148. The third kappa shape index (κ3) is 4.01. The van der Waals surface area contributed by atoms with Crippen LogP contribution in [-0.2, 0) is 4.79 Å². The van der Waals surface area contributed by atoms with Crippen LogP contribution in [-0.4, -0.2) is 35.0 Å². The number of nitrogens with two attached hydrogens (primary N) is 1. The summed E-state index contributed by atoms with van der Waals surface area (Å²) < 4.78 is 11.4. The van der Waals surface area contributed by atoms with Crippen molar-refractivity contribution in [1.82, 2.24) is 4.90 Å². The number of fused-ring (bicyclic) bond motifs is 3. The lowest BCUT2D eigenvalue weighted by Gasteiger charge is -2.48. The SMILES string of the molecule is Cc1c(C)c2ccc(OC(C)C(=O)N3[C@@H]4CCC[C@H]3CC(N)C4)cc2oc1=O.Cl. The number of piperidine rings is 2. The van der Waals surface area contributed by atoms with Crippen LogP contribution in [0, 0.1) is 13.8 Å². The molecular weight excluding hydrogens is 392 g/mol. The van der Waals surface area contributed by atoms with Crippen LogP contribution in [0.5, 0.6) is 5.75 Å². The third-order valence-electron chi connectivity index (χ3n) is 6.35. The molecule has 4 rings (SSSR count). The van der Waals surface area contributed by atoms with E-state index in [1.165, 1.54) is 0 Å². The molecule has 2 aromatic rings. The second-order valence-corrected chi connectivity index (χ2v) is 8.27. The molecule has 2 N–H and O–H groups in total. The molecule has 2 unspecified atom stereocenters. The monoisotopic (exact) mass is 420 g/mol. The Hall–Kier alpha value is -2.05. The van der Waals surface area contributed by atoms with Gasteiger partial charge in [0.2, 0.25) is 0 Å². The highest BCUT2D eigenvalue weighted by Crippen LogP contribution is 2.34. The number of hydrogen-bond acceptors (Lipinski definition) is 5. The Morgan fingerprint density at radius 2 is 1.86 bits per heavy atom. The fourth-order valence-electron chi connectivity index (χ4n) is 4.75. The molecule has 29 heavy (non-hydrogen) atoms. The van der Waals surface area contributed by atoms with E-state index in [1.807, 2.05) is 24.0 Å². The zero-order valence-corrected chi connectivity index (χ0v) is 18.0. The first kappa shape index (κ1) is 21.7. The number of halogens is 1. The first-order chi connectivity index (χ1) is 13.3. The molecule has 0 aliphatic carbocycles. The smallest absolute Gasteiger partial charge is 0.339 e. The lowest BCUT2D eigenvalue weighted by atomic mass is 9.82. The van der Waals surface area contributed by atoms with Crippen molar-refractivity contribution in [2.45, 2.75) is 77.1 Å². The van der Waals surface area contributed by atoms with E-state index in [-0.39, 0.29) is 42.1 Å². The van der Waals surface area contributed by atoms with Crippen LogP contribution in [0.4, 0.5) is 0 Å². The minimum Gasteiger partial charge on any atom is -0.481 e. The maximum atomic E-state index is 13.1. The highest BCUT2D eigenvalue weighted by Gasteiger charge is 2.41. The summed E-state index contributed by atoms with van der Waals surface area (Å²) in [6, 6.07) is 6.03. The highest BCUT2D eigenvalue weighted by atomic mass is 35.5. The summed E-state index contributed by atoms with van der Waals surface area (Å²) in [5.41, 5.74) is 7.82. The van der Waals surface area contributed by atoms with Crippen LogP contribution in [0.3, 0.4) is 0 Å². The zero-order valence-electron chi connectivity index (χ0n) is 17.1. The molecule has 7 heteroatoms. The lowest BCUT2D eigenvalue weighted by Crippen LogP contribution is -2.59. The van der Waals surface area contributed by atoms with Crippen molar-refractivity contribution in [1.29, 1.82) is 0 Å². The van der Waals surface area contributed by atoms with Crippen molar-refractivity contribution in [3.8, 4) is 5.75 Å². The molecule has 0 radical (unpaired) electrons. The highest BCUT2D eigenvalue weighted by molar-refractivity contribution is 5.85. The molecule has 2 bridgehead atoms. The van der Waals surface area contributed by atoms with E-state index in [4.69, 9.17) is 14.9 Å². The molecule has 2 saturated heterocycles. The first-order valence-electron chi connectivity index (χ1n) is 10.1. The van der Waals surface area contributed by atoms with Gasteiger partial charge in [0.05, 0.1) is 0 Å². The largest absolute Gasteiger partial charge is 0.481 e. The fourth-order valence-corrected chi connectivity index (χ4v) is 4.75. The van der Waals surface area contributed by atoms with Gasteiger partial charge >= 0.3 is 5.63 Å². The molecule has 4 atom stereocenters. The molecule has 1 aromatic heterocycles. The van der Waals surface area contributed by atoms with Gasteiger partial charge in [-0.25, -0.2) is 4.79 Å². The number of benzene rings is 1. The molecule has 0 spiro atoms. The van der Waals surface area contributed by atoms with Gasteiger partial charge in [-0.2, -0.15) is 0 Å². The Balaban J connectivity index is 0.00000240. The van der Waals surface area contributed by atoms with E-state index in [1.54, 1.807) is 19.9 Å². The van der Waals surface area contributed by atoms with Gasteiger partial charge in [0.25, 0.3) is 5.91 Å². The topological polar surface area (TPSA) is 85.8 Å². The van der Waals surface area contributed by atoms with E-state index in [0.29, 0.717) is 16.9 Å². The van der Waals surface area contributed by atoms with Crippen molar-refractivity contribution in [3.05, 3.63) is 39.7 Å². The van der Waals surface area contributed by atoms with E-state index in [9.17, 15) is 9.59 Å². The molecule has 6 nitrogen and oxygen atoms in total. The van der Waals surface area contributed by atoms with E-state index >= 15 is 0 Å². The molecule has 158 valence electrons. The summed E-state index contributed by atoms with van der Waals surface area (Å²) in [6.45, 7) is 5.45. The summed E-state index contributed by atoms with van der Waals surface area (Å²) in [6.07, 6.45) is 4.32. The number of carbonyl (C=O) groups is 1. The van der Waals surface area contributed by atoms with Crippen LogP contribution in [0.25, 0.3) is 11.0 Å². The van der Waals surface area contributed by atoms with E-state index < -0.39 is 6.10 Å². The molecule has 3 heterocycles. The van der Waals surface area contributed by atoms with Crippen LogP contribution < -0.4 is 16.1 Å². The summed E-state index contributed by atoms with van der Waals surface area (Å²) in [7, 11) is 0. The number of aryl methyl sites for hydroxylation is 1. The first-order valence-corrected chi connectivity index (χ1v) is 10.1. The Kier molecular flexibility index (Phi) is 6.24. The molecule has 2 aliphatic rings. The van der Waals surface area contributed by atoms with Gasteiger partial charge in [-0.3, -0.25) is 4.79 Å². The quantitative estimate of drug-likeness (QED) is 0.768. The van der Waals surface area contributed by atoms with Crippen molar-refractivity contribution in [2.24, 2.45) is 5.73 Å². The fraction of sp³-hybridized carbons (Fsp3) is 0.545. The zero-order chi connectivity index (χ0) is 20.0. The standard InChI is InChI=1S/C22H28N2O4.ClH/c1-12-13(2)22(26)28-20-11-18(7-8-19(12)20)27-14(3)21(25)24-16-5-4-6-17(24)10-15(23)9-16;/h7-8,11,14-17H,4-6,9-10,23H2,1-3H3;1H/t14?,15?,16-,17+;.